The Morgan fingerprint density at radius 2 is 2.40 bits per heavy atom. The molecule has 0 spiro atoms. The summed E-state index contributed by atoms with van der Waals surface area (Å²) >= 11 is 3.07. The summed E-state index contributed by atoms with van der Waals surface area (Å²) in [6, 6.07) is 0. The maximum Gasteiger partial charge on any atom is 0.136 e. The van der Waals surface area contributed by atoms with E-state index < -0.39 is 5.67 Å². The molecule has 0 heterocycles. The standard InChI is InChI=1S/C7H10BrFO/c8-5-7(9)3-1-2-6(10)4-7/h1-5H2. The molecule has 1 atom stereocenters. The zero-order valence-corrected chi connectivity index (χ0v) is 7.29. The van der Waals surface area contributed by atoms with Crippen molar-refractivity contribution in [2.75, 3.05) is 5.33 Å². The highest BCUT2D eigenvalue weighted by Crippen LogP contribution is 2.31. The molecule has 1 unspecified atom stereocenters. The monoisotopic (exact) mass is 208 g/mol. The normalized spacial score (nSPS) is 34.4. The second-order valence-corrected chi connectivity index (χ2v) is 3.41. The third-order valence-corrected chi connectivity index (χ3v) is 2.84. The molecule has 0 aromatic carbocycles. The molecule has 1 saturated carbocycles. The van der Waals surface area contributed by atoms with Crippen molar-refractivity contribution in [3.63, 3.8) is 0 Å². The molecule has 0 saturated heterocycles. The third-order valence-electron chi connectivity index (χ3n) is 1.83. The summed E-state index contributed by atoms with van der Waals surface area (Å²) in [5.74, 6) is 0.0631. The SMILES string of the molecule is O=C1CCCC(F)(CBr)C1. The minimum absolute atomic E-state index is 0.0631. The zero-order chi connectivity index (χ0) is 7.61. The summed E-state index contributed by atoms with van der Waals surface area (Å²) in [5, 5.41) is 0.297. The van der Waals surface area contributed by atoms with Crippen LogP contribution in [-0.2, 0) is 4.79 Å². The number of Topliss-reactive ketones (excluding diaryl/α,β-unsaturated/α-hetero) is 1. The molecule has 0 N–H and O–H groups in total. The van der Waals surface area contributed by atoms with E-state index >= 15 is 0 Å². The maximum absolute atomic E-state index is 13.3. The van der Waals surface area contributed by atoms with Crippen molar-refractivity contribution in [3.8, 4) is 0 Å². The number of hydrogen-bond donors (Lipinski definition) is 0. The van der Waals surface area contributed by atoms with Gasteiger partial charge in [-0.1, -0.05) is 15.9 Å². The van der Waals surface area contributed by atoms with E-state index in [0.29, 0.717) is 24.6 Å². The van der Waals surface area contributed by atoms with Crippen LogP contribution in [0.15, 0.2) is 0 Å². The van der Waals surface area contributed by atoms with Crippen LogP contribution in [0.25, 0.3) is 0 Å². The number of halogens is 2. The van der Waals surface area contributed by atoms with Gasteiger partial charge in [0.15, 0.2) is 0 Å². The number of ketones is 1. The molecule has 1 aliphatic rings. The first-order chi connectivity index (χ1) is 4.66. The Kier molecular flexibility index (Phi) is 2.45. The van der Waals surface area contributed by atoms with Crippen molar-refractivity contribution in [3.05, 3.63) is 0 Å². The van der Waals surface area contributed by atoms with E-state index in [-0.39, 0.29) is 12.2 Å². The summed E-state index contributed by atoms with van der Waals surface area (Å²) in [6.07, 6.45) is 1.92. The van der Waals surface area contributed by atoms with Gasteiger partial charge in [0.2, 0.25) is 0 Å². The highest BCUT2D eigenvalue weighted by molar-refractivity contribution is 9.09. The first-order valence-electron chi connectivity index (χ1n) is 3.43. The van der Waals surface area contributed by atoms with Crippen LogP contribution >= 0.6 is 15.9 Å². The van der Waals surface area contributed by atoms with Crippen molar-refractivity contribution in [1.29, 1.82) is 0 Å². The molecular weight excluding hydrogens is 199 g/mol. The molecule has 10 heavy (non-hydrogen) atoms. The third kappa shape index (κ3) is 1.78. The van der Waals surface area contributed by atoms with E-state index in [2.05, 4.69) is 15.9 Å². The van der Waals surface area contributed by atoms with Gasteiger partial charge >= 0.3 is 0 Å². The van der Waals surface area contributed by atoms with Crippen LogP contribution in [-0.4, -0.2) is 16.8 Å². The van der Waals surface area contributed by atoms with Crippen LogP contribution in [0, 0.1) is 0 Å². The summed E-state index contributed by atoms with van der Waals surface area (Å²) in [4.78, 5) is 10.8. The topological polar surface area (TPSA) is 17.1 Å². The van der Waals surface area contributed by atoms with Crippen LogP contribution in [0.5, 0.6) is 0 Å². The molecule has 0 aromatic rings. The molecule has 0 bridgehead atoms. The van der Waals surface area contributed by atoms with Gasteiger partial charge in [-0.05, 0) is 12.8 Å². The van der Waals surface area contributed by atoms with Crippen LogP contribution in [0.4, 0.5) is 4.39 Å². The van der Waals surface area contributed by atoms with Crippen molar-refractivity contribution in [1.82, 2.24) is 0 Å². The molecular formula is C7H10BrFO. The van der Waals surface area contributed by atoms with Crippen molar-refractivity contribution in [2.24, 2.45) is 0 Å². The molecule has 1 fully saturated rings. The molecule has 0 radical (unpaired) electrons. The Morgan fingerprint density at radius 1 is 1.70 bits per heavy atom. The predicted octanol–water partition coefficient (Wildman–Crippen LogP) is 2.23. The van der Waals surface area contributed by atoms with E-state index in [4.69, 9.17) is 0 Å². The lowest BCUT2D eigenvalue weighted by molar-refractivity contribution is -0.123. The van der Waals surface area contributed by atoms with Crippen LogP contribution in [0.1, 0.15) is 25.7 Å². The van der Waals surface area contributed by atoms with Crippen LogP contribution < -0.4 is 0 Å². The van der Waals surface area contributed by atoms with Gasteiger partial charge in [0.05, 0.1) is 0 Å². The lowest BCUT2D eigenvalue weighted by Crippen LogP contribution is -2.32. The predicted molar refractivity (Wildman–Crippen MR) is 41.1 cm³/mol. The van der Waals surface area contributed by atoms with E-state index in [1.54, 1.807) is 0 Å². The number of rotatable bonds is 1. The van der Waals surface area contributed by atoms with Crippen molar-refractivity contribution >= 4 is 21.7 Å². The maximum atomic E-state index is 13.3. The molecule has 3 heteroatoms. The van der Waals surface area contributed by atoms with E-state index in [9.17, 15) is 9.18 Å². The van der Waals surface area contributed by atoms with Gasteiger partial charge in [0.1, 0.15) is 11.5 Å². The Morgan fingerprint density at radius 3 is 2.80 bits per heavy atom. The molecule has 1 nitrogen and oxygen atoms in total. The van der Waals surface area contributed by atoms with Gasteiger partial charge in [-0.25, -0.2) is 4.39 Å². The van der Waals surface area contributed by atoms with Gasteiger partial charge < -0.3 is 0 Å². The number of hydrogen-bond acceptors (Lipinski definition) is 1. The molecule has 0 aromatic heterocycles. The van der Waals surface area contributed by atoms with Crippen LogP contribution in [0.3, 0.4) is 0 Å². The lowest BCUT2D eigenvalue weighted by Gasteiger charge is -2.25. The molecule has 58 valence electrons. The Hall–Kier alpha value is 0.0800. The van der Waals surface area contributed by atoms with Crippen molar-refractivity contribution in [2.45, 2.75) is 31.4 Å². The van der Waals surface area contributed by atoms with E-state index in [0.717, 1.165) is 0 Å². The summed E-state index contributed by atoms with van der Waals surface area (Å²) in [7, 11) is 0. The van der Waals surface area contributed by atoms with Gasteiger partial charge in [0.25, 0.3) is 0 Å². The lowest BCUT2D eigenvalue weighted by atomic mass is 9.87. The minimum atomic E-state index is -1.24. The van der Waals surface area contributed by atoms with Crippen molar-refractivity contribution < 1.29 is 9.18 Å². The second kappa shape index (κ2) is 2.99. The quantitative estimate of drug-likeness (QED) is 0.605. The van der Waals surface area contributed by atoms with E-state index in [1.165, 1.54) is 0 Å². The smallest absolute Gasteiger partial charge is 0.136 e. The number of carbonyl (C=O) groups is 1. The summed E-state index contributed by atoms with van der Waals surface area (Å²) in [5.41, 5.74) is -1.24. The molecule has 1 aliphatic carbocycles. The second-order valence-electron chi connectivity index (χ2n) is 2.85. The largest absolute Gasteiger partial charge is 0.300 e. The fourth-order valence-electron chi connectivity index (χ4n) is 1.25. The Labute approximate surface area is 68.1 Å². The molecule has 0 aliphatic heterocycles. The number of carbonyl (C=O) groups excluding carboxylic acids is 1. The fourth-order valence-corrected chi connectivity index (χ4v) is 1.73. The highest BCUT2D eigenvalue weighted by atomic mass is 79.9. The van der Waals surface area contributed by atoms with Crippen LogP contribution in [0.2, 0.25) is 0 Å². The Balaban J connectivity index is 2.53. The van der Waals surface area contributed by atoms with E-state index in [1.807, 2.05) is 0 Å². The molecule has 1 rings (SSSR count). The first-order valence-corrected chi connectivity index (χ1v) is 4.55. The Bertz CT molecular complexity index is 149. The average Bonchev–Trinajstić information content (AvgIpc) is 1.88. The minimum Gasteiger partial charge on any atom is -0.300 e. The average molecular weight is 209 g/mol. The first kappa shape index (κ1) is 8.18. The van der Waals surface area contributed by atoms with Gasteiger partial charge in [-0.15, -0.1) is 0 Å². The summed E-state index contributed by atoms with van der Waals surface area (Å²) in [6.45, 7) is 0. The van der Waals surface area contributed by atoms with Gasteiger partial charge in [-0.2, -0.15) is 0 Å². The molecule has 0 amide bonds. The highest BCUT2D eigenvalue weighted by Gasteiger charge is 2.34. The number of alkyl halides is 2. The fraction of sp³-hybridized carbons (Fsp3) is 0.857. The zero-order valence-electron chi connectivity index (χ0n) is 5.70. The van der Waals surface area contributed by atoms with Gasteiger partial charge in [-0.3, -0.25) is 4.79 Å². The summed E-state index contributed by atoms with van der Waals surface area (Å²) < 4.78 is 13.3. The van der Waals surface area contributed by atoms with Gasteiger partial charge in [0, 0.05) is 18.2 Å².